The summed E-state index contributed by atoms with van der Waals surface area (Å²) in [4.78, 5) is 41.8. The molecule has 0 heterocycles. The van der Waals surface area contributed by atoms with Crippen molar-refractivity contribution in [1.29, 1.82) is 0 Å². The molecule has 8 nitrogen and oxygen atoms in total. The molecule has 0 rings (SSSR count). The Hall–Kier alpha value is -0.654. The molecule has 2 amide bonds. The van der Waals surface area contributed by atoms with E-state index in [4.69, 9.17) is 0 Å². The molecule has 2 unspecified atom stereocenters. The number of thioether (sulfide) groups is 2. The molecule has 0 aromatic rings. The first-order valence-electron chi connectivity index (χ1n) is 7.09. The maximum atomic E-state index is 10.5. The van der Waals surface area contributed by atoms with E-state index in [-0.39, 0.29) is 34.9 Å². The number of carbonyl (C=O) groups excluding carboxylic acids is 4. The van der Waals surface area contributed by atoms with Crippen LogP contribution in [0.3, 0.4) is 0 Å². The third-order valence-corrected chi connectivity index (χ3v) is 3.83. The van der Waals surface area contributed by atoms with Gasteiger partial charge in [0.1, 0.15) is 0 Å². The van der Waals surface area contributed by atoms with E-state index in [0.717, 1.165) is 0 Å². The quantitative estimate of drug-likeness (QED) is 0.384. The minimum atomic E-state index is -1.22. The van der Waals surface area contributed by atoms with Gasteiger partial charge in [-0.2, -0.15) is 23.5 Å². The van der Waals surface area contributed by atoms with E-state index in [1.807, 2.05) is 12.5 Å². The molecule has 25 heavy (non-hydrogen) atoms. The van der Waals surface area contributed by atoms with E-state index >= 15 is 0 Å². The van der Waals surface area contributed by atoms with Crippen molar-refractivity contribution in [3.8, 4) is 0 Å². The van der Waals surface area contributed by atoms with Gasteiger partial charge in [0.2, 0.25) is 11.8 Å². The largest absolute Gasteiger partial charge is 2.00 e. The van der Waals surface area contributed by atoms with Crippen LogP contribution in [0.25, 0.3) is 0 Å². The molecule has 0 aliphatic rings. The van der Waals surface area contributed by atoms with E-state index in [2.05, 4.69) is 10.6 Å². The third kappa shape index (κ3) is 19.5. The molecule has 0 spiro atoms. The number of carbonyl (C=O) groups is 4. The van der Waals surface area contributed by atoms with Crippen LogP contribution in [0.2, 0.25) is 0 Å². The fraction of sp³-hybridized carbons (Fsp3) is 0.714. The molecule has 0 aromatic heterocycles. The summed E-state index contributed by atoms with van der Waals surface area (Å²) in [6.45, 7) is 2.57. The Morgan fingerprint density at radius 3 is 1.24 bits per heavy atom. The predicted molar refractivity (Wildman–Crippen MR) is 97.0 cm³/mol. The summed E-state index contributed by atoms with van der Waals surface area (Å²) >= 11 is 3.06. The number of carboxylic acids is 2. The molecular weight excluding hydrogens is 381 g/mol. The van der Waals surface area contributed by atoms with Crippen molar-refractivity contribution in [3.05, 3.63) is 0 Å². The second kappa shape index (κ2) is 18.1. The fourth-order valence-corrected chi connectivity index (χ4v) is 2.40. The Kier molecular flexibility index (Phi) is 21.1. The Balaban J connectivity index is -0.000000372. The molecular formula is C14H24MgN2O6S2. The standard InChI is InChI=1S/2C7H13NO3S.Mg/c2*1-5(9)8-6(7(10)11)3-4-12-2;/h2*6H,3-4H2,1-2H3,(H,8,9)(H,10,11);/q;;+2/p-2. The van der Waals surface area contributed by atoms with Gasteiger partial charge in [-0.25, -0.2) is 0 Å². The Labute approximate surface area is 172 Å². The van der Waals surface area contributed by atoms with Crippen LogP contribution in [0.15, 0.2) is 0 Å². The molecule has 2 N–H and O–H groups in total. The van der Waals surface area contributed by atoms with Crippen LogP contribution >= 0.6 is 23.5 Å². The number of hydrogen-bond acceptors (Lipinski definition) is 8. The van der Waals surface area contributed by atoms with Gasteiger partial charge in [-0.1, -0.05) is 0 Å². The summed E-state index contributed by atoms with van der Waals surface area (Å²) in [7, 11) is 0. The summed E-state index contributed by atoms with van der Waals surface area (Å²) in [5.41, 5.74) is 0. The van der Waals surface area contributed by atoms with Crippen molar-refractivity contribution in [2.75, 3.05) is 24.0 Å². The van der Waals surface area contributed by atoms with E-state index in [0.29, 0.717) is 24.3 Å². The fourth-order valence-electron chi connectivity index (χ4n) is 1.46. The minimum absolute atomic E-state index is 0. The van der Waals surface area contributed by atoms with Gasteiger partial charge < -0.3 is 30.4 Å². The summed E-state index contributed by atoms with van der Waals surface area (Å²) in [6, 6.07) is -1.70. The van der Waals surface area contributed by atoms with E-state index in [1.165, 1.54) is 37.4 Å². The third-order valence-electron chi connectivity index (χ3n) is 2.55. The molecule has 0 saturated carbocycles. The first kappa shape index (κ1) is 29.1. The van der Waals surface area contributed by atoms with Crippen LogP contribution in [-0.2, 0) is 19.2 Å². The van der Waals surface area contributed by atoms with E-state index in [9.17, 15) is 29.4 Å². The zero-order valence-corrected chi connectivity index (χ0v) is 18.0. The molecule has 140 valence electrons. The van der Waals surface area contributed by atoms with Gasteiger partial charge in [0.15, 0.2) is 0 Å². The van der Waals surface area contributed by atoms with Crippen molar-refractivity contribution in [3.63, 3.8) is 0 Å². The molecule has 0 aliphatic heterocycles. The van der Waals surface area contributed by atoms with E-state index in [1.54, 1.807) is 0 Å². The number of hydrogen-bond donors (Lipinski definition) is 2. The van der Waals surface area contributed by atoms with Crippen molar-refractivity contribution >= 4 is 70.3 Å². The monoisotopic (exact) mass is 404 g/mol. The maximum absolute atomic E-state index is 10.5. The first-order chi connectivity index (χ1) is 11.1. The van der Waals surface area contributed by atoms with Crippen LogP contribution < -0.4 is 20.8 Å². The van der Waals surface area contributed by atoms with Crippen molar-refractivity contribution in [2.24, 2.45) is 0 Å². The average molecular weight is 405 g/mol. The van der Waals surface area contributed by atoms with Crippen molar-refractivity contribution in [1.82, 2.24) is 10.6 Å². The van der Waals surface area contributed by atoms with Gasteiger partial charge in [-0.15, -0.1) is 0 Å². The zero-order valence-electron chi connectivity index (χ0n) is 15.0. The van der Waals surface area contributed by atoms with Crippen LogP contribution in [0.4, 0.5) is 0 Å². The van der Waals surface area contributed by atoms with Crippen molar-refractivity contribution < 1.29 is 29.4 Å². The smallest absolute Gasteiger partial charge is 0.548 e. The summed E-state index contributed by atoms with van der Waals surface area (Å²) in [5, 5.41) is 25.4. The van der Waals surface area contributed by atoms with Crippen LogP contribution in [0.1, 0.15) is 26.7 Å². The van der Waals surface area contributed by atoms with Crippen molar-refractivity contribution in [2.45, 2.75) is 38.8 Å². The summed E-state index contributed by atoms with van der Waals surface area (Å²) in [6.07, 6.45) is 4.56. The van der Waals surface area contributed by atoms with Gasteiger partial charge in [-0.3, -0.25) is 9.59 Å². The molecule has 2 atom stereocenters. The molecule has 11 heteroatoms. The van der Waals surface area contributed by atoms with Gasteiger partial charge >= 0.3 is 23.1 Å². The number of nitrogens with one attached hydrogen (secondary N) is 2. The van der Waals surface area contributed by atoms with Crippen LogP contribution in [0.5, 0.6) is 0 Å². The second-order valence-electron chi connectivity index (χ2n) is 4.71. The minimum Gasteiger partial charge on any atom is -0.548 e. The predicted octanol–water partition coefficient (Wildman–Crippen LogP) is -2.39. The van der Waals surface area contributed by atoms with Gasteiger partial charge in [-0.05, 0) is 36.9 Å². The SMILES string of the molecule is CSCCC(NC(C)=O)C(=O)[O-].CSCCC(NC(C)=O)C(=O)[O-].[Mg+2]. The molecule has 0 fully saturated rings. The molecule has 0 saturated heterocycles. The van der Waals surface area contributed by atoms with E-state index < -0.39 is 24.0 Å². The summed E-state index contributed by atoms with van der Waals surface area (Å²) < 4.78 is 0. The van der Waals surface area contributed by atoms with Gasteiger partial charge in [0.25, 0.3) is 0 Å². The molecule has 0 aromatic carbocycles. The Bertz CT molecular complexity index is 388. The van der Waals surface area contributed by atoms with Gasteiger partial charge in [0.05, 0.1) is 24.0 Å². The molecule has 0 radical (unpaired) electrons. The number of aliphatic carboxylic acids is 2. The summed E-state index contributed by atoms with van der Waals surface area (Å²) in [5.74, 6) is -1.74. The topological polar surface area (TPSA) is 138 Å². The number of amides is 2. The molecule has 0 bridgehead atoms. The first-order valence-corrected chi connectivity index (χ1v) is 9.88. The number of carboxylic acid groups (broad SMARTS) is 2. The van der Waals surface area contributed by atoms with Crippen LogP contribution in [-0.4, -0.2) is 82.9 Å². The Morgan fingerprint density at radius 2 is 1.08 bits per heavy atom. The van der Waals surface area contributed by atoms with Gasteiger partial charge in [0, 0.05) is 13.8 Å². The van der Waals surface area contributed by atoms with Crippen LogP contribution in [0, 0.1) is 0 Å². The second-order valence-corrected chi connectivity index (χ2v) is 6.68. The molecule has 0 aliphatic carbocycles. The number of rotatable bonds is 10. The normalized spacial score (nSPS) is 11.7. The average Bonchev–Trinajstić information content (AvgIpc) is 2.47. The Morgan fingerprint density at radius 1 is 0.800 bits per heavy atom. The zero-order chi connectivity index (χ0) is 19.1. The maximum Gasteiger partial charge on any atom is 2.00 e.